The SMILES string of the molecule is Cc1ccc(-c2cc(C(C)(C)C)ncn2)cc1. The lowest BCUT2D eigenvalue weighted by molar-refractivity contribution is 0.567. The molecule has 0 unspecified atom stereocenters. The summed E-state index contributed by atoms with van der Waals surface area (Å²) in [6, 6.07) is 10.5. The van der Waals surface area contributed by atoms with E-state index >= 15 is 0 Å². The largest absolute Gasteiger partial charge is 0.241 e. The molecule has 0 amide bonds. The Morgan fingerprint density at radius 3 is 2.18 bits per heavy atom. The number of aromatic nitrogens is 2. The van der Waals surface area contributed by atoms with E-state index in [1.807, 2.05) is 0 Å². The summed E-state index contributed by atoms with van der Waals surface area (Å²) in [6.45, 7) is 8.57. The Kier molecular flexibility index (Phi) is 2.97. The third kappa shape index (κ3) is 2.70. The molecular weight excluding hydrogens is 208 g/mol. The predicted molar refractivity (Wildman–Crippen MR) is 70.9 cm³/mol. The van der Waals surface area contributed by atoms with E-state index in [1.54, 1.807) is 6.33 Å². The summed E-state index contributed by atoms with van der Waals surface area (Å²) in [4.78, 5) is 8.68. The van der Waals surface area contributed by atoms with Gasteiger partial charge in [0.1, 0.15) is 6.33 Å². The van der Waals surface area contributed by atoms with Crippen LogP contribution in [0.15, 0.2) is 36.7 Å². The molecule has 1 aromatic carbocycles. The van der Waals surface area contributed by atoms with E-state index in [9.17, 15) is 0 Å². The van der Waals surface area contributed by atoms with Crippen LogP contribution in [0.2, 0.25) is 0 Å². The Hall–Kier alpha value is -1.70. The minimum absolute atomic E-state index is 0.0579. The summed E-state index contributed by atoms with van der Waals surface area (Å²) in [5, 5.41) is 0. The van der Waals surface area contributed by atoms with Gasteiger partial charge in [0.15, 0.2) is 0 Å². The molecule has 0 atom stereocenters. The van der Waals surface area contributed by atoms with Gasteiger partial charge in [-0.15, -0.1) is 0 Å². The fourth-order valence-corrected chi connectivity index (χ4v) is 1.65. The number of nitrogens with zero attached hydrogens (tertiary/aromatic N) is 2. The van der Waals surface area contributed by atoms with E-state index < -0.39 is 0 Å². The van der Waals surface area contributed by atoms with E-state index in [0.29, 0.717) is 0 Å². The molecule has 2 aromatic rings. The van der Waals surface area contributed by atoms with Gasteiger partial charge in [-0.1, -0.05) is 50.6 Å². The van der Waals surface area contributed by atoms with Gasteiger partial charge in [-0.3, -0.25) is 0 Å². The molecule has 0 aliphatic carbocycles. The van der Waals surface area contributed by atoms with Crippen molar-refractivity contribution in [3.05, 3.63) is 47.9 Å². The molecule has 0 fully saturated rings. The van der Waals surface area contributed by atoms with Crippen molar-refractivity contribution in [3.63, 3.8) is 0 Å². The second-order valence-electron chi connectivity index (χ2n) is 5.40. The standard InChI is InChI=1S/C15H18N2/c1-11-5-7-12(8-6-11)13-9-14(15(2,3)4)17-10-16-13/h5-10H,1-4H3. The monoisotopic (exact) mass is 226 g/mol. The molecule has 2 nitrogen and oxygen atoms in total. The van der Waals surface area contributed by atoms with Gasteiger partial charge in [0.2, 0.25) is 0 Å². The van der Waals surface area contributed by atoms with Crippen molar-refractivity contribution in [1.82, 2.24) is 9.97 Å². The minimum Gasteiger partial charge on any atom is -0.241 e. The van der Waals surface area contributed by atoms with Gasteiger partial charge >= 0.3 is 0 Å². The van der Waals surface area contributed by atoms with E-state index in [0.717, 1.165) is 17.0 Å². The van der Waals surface area contributed by atoms with Crippen LogP contribution in [-0.2, 0) is 5.41 Å². The van der Waals surface area contributed by atoms with Crippen molar-refractivity contribution >= 4 is 0 Å². The van der Waals surface area contributed by atoms with Gasteiger partial charge in [-0.25, -0.2) is 9.97 Å². The lowest BCUT2D eigenvalue weighted by Crippen LogP contribution is -2.13. The second-order valence-corrected chi connectivity index (χ2v) is 5.40. The van der Waals surface area contributed by atoms with Crippen molar-refractivity contribution < 1.29 is 0 Å². The molecule has 0 N–H and O–H groups in total. The highest BCUT2D eigenvalue weighted by atomic mass is 14.8. The van der Waals surface area contributed by atoms with Gasteiger partial charge in [0, 0.05) is 16.7 Å². The molecule has 0 aliphatic heterocycles. The quantitative estimate of drug-likeness (QED) is 0.740. The van der Waals surface area contributed by atoms with Crippen LogP contribution < -0.4 is 0 Å². The van der Waals surface area contributed by atoms with Crippen LogP contribution in [0, 0.1) is 6.92 Å². The van der Waals surface area contributed by atoms with Crippen LogP contribution >= 0.6 is 0 Å². The van der Waals surface area contributed by atoms with Gasteiger partial charge in [0.25, 0.3) is 0 Å². The highest BCUT2D eigenvalue weighted by molar-refractivity contribution is 5.59. The summed E-state index contributed by atoms with van der Waals surface area (Å²) in [7, 11) is 0. The lowest BCUT2D eigenvalue weighted by atomic mass is 9.91. The zero-order valence-corrected chi connectivity index (χ0v) is 10.9. The van der Waals surface area contributed by atoms with E-state index in [2.05, 4.69) is 68.0 Å². The van der Waals surface area contributed by atoms with Gasteiger partial charge in [-0.05, 0) is 13.0 Å². The molecule has 0 spiro atoms. The number of benzene rings is 1. The van der Waals surface area contributed by atoms with Gasteiger partial charge in [0.05, 0.1) is 5.69 Å². The molecule has 0 saturated carbocycles. The van der Waals surface area contributed by atoms with Crippen LogP contribution in [0.5, 0.6) is 0 Å². The molecule has 0 radical (unpaired) electrons. The summed E-state index contributed by atoms with van der Waals surface area (Å²) >= 11 is 0. The molecule has 0 saturated heterocycles. The first-order chi connectivity index (χ1) is 7.97. The van der Waals surface area contributed by atoms with Crippen molar-refractivity contribution in [3.8, 4) is 11.3 Å². The van der Waals surface area contributed by atoms with Crippen LogP contribution in [0.3, 0.4) is 0 Å². The number of aryl methyl sites for hydroxylation is 1. The number of hydrogen-bond donors (Lipinski definition) is 0. The Morgan fingerprint density at radius 1 is 0.941 bits per heavy atom. The Morgan fingerprint density at radius 2 is 1.59 bits per heavy atom. The fourth-order valence-electron chi connectivity index (χ4n) is 1.65. The Bertz CT molecular complexity index is 507. The van der Waals surface area contributed by atoms with E-state index in [4.69, 9.17) is 0 Å². The highest BCUT2D eigenvalue weighted by Crippen LogP contribution is 2.24. The molecule has 0 aliphatic rings. The molecule has 17 heavy (non-hydrogen) atoms. The third-order valence-electron chi connectivity index (χ3n) is 2.78. The van der Waals surface area contributed by atoms with Crippen LogP contribution in [0.1, 0.15) is 32.0 Å². The molecule has 2 rings (SSSR count). The average molecular weight is 226 g/mol. The van der Waals surface area contributed by atoms with Crippen LogP contribution in [-0.4, -0.2) is 9.97 Å². The second kappa shape index (κ2) is 4.28. The summed E-state index contributed by atoms with van der Waals surface area (Å²) in [5.74, 6) is 0. The maximum atomic E-state index is 4.34. The number of hydrogen-bond acceptors (Lipinski definition) is 2. The maximum Gasteiger partial charge on any atom is 0.116 e. The third-order valence-corrected chi connectivity index (χ3v) is 2.78. The summed E-state index contributed by atoms with van der Waals surface area (Å²) in [6.07, 6.45) is 1.65. The smallest absolute Gasteiger partial charge is 0.116 e. The Balaban J connectivity index is 2.43. The fraction of sp³-hybridized carbons (Fsp3) is 0.333. The Labute approximate surface area is 103 Å². The molecule has 2 heteroatoms. The van der Waals surface area contributed by atoms with Crippen molar-refractivity contribution in [2.75, 3.05) is 0 Å². The van der Waals surface area contributed by atoms with Crippen molar-refractivity contribution in [2.45, 2.75) is 33.1 Å². The maximum absolute atomic E-state index is 4.34. The van der Waals surface area contributed by atoms with Crippen LogP contribution in [0.4, 0.5) is 0 Å². The molecule has 1 aromatic heterocycles. The highest BCUT2D eigenvalue weighted by Gasteiger charge is 2.16. The van der Waals surface area contributed by atoms with Crippen molar-refractivity contribution in [2.24, 2.45) is 0 Å². The number of rotatable bonds is 1. The normalized spacial score (nSPS) is 11.5. The molecule has 1 heterocycles. The first-order valence-corrected chi connectivity index (χ1v) is 5.86. The summed E-state index contributed by atoms with van der Waals surface area (Å²) < 4.78 is 0. The molecular formula is C15H18N2. The zero-order valence-electron chi connectivity index (χ0n) is 10.9. The zero-order chi connectivity index (χ0) is 12.5. The van der Waals surface area contributed by atoms with Crippen LogP contribution in [0.25, 0.3) is 11.3 Å². The minimum atomic E-state index is 0.0579. The lowest BCUT2D eigenvalue weighted by Gasteiger charge is -2.17. The first-order valence-electron chi connectivity index (χ1n) is 5.86. The summed E-state index contributed by atoms with van der Waals surface area (Å²) in [5.41, 5.74) is 4.53. The van der Waals surface area contributed by atoms with Gasteiger partial charge in [-0.2, -0.15) is 0 Å². The first kappa shape index (κ1) is 11.8. The molecule has 0 bridgehead atoms. The molecule has 88 valence electrons. The van der Waals surface area contributed by atoms with Gasteiger partial charge < -0.3 is 0 Å². The predicted octanol–water partition coefficient (Wildman–Crippen LogP) is 3.75. The average Bonchev–Trinajstić information content (AvgIpc) is 2.29. The topological polar surface area (TPSA) is 25.8 Å². The van der Waals surface area contributed by atoms with E-state index in [-0.39, 0.29) is 5.41 Å². The van der Waals surface area contributed by atoms with E-state index in [1.165, 1.54) is 5.56 Å². The van der Waals surface area contributed by atoms with Crippen molar-refractivity contribution in [1.29, 1.82) is 0 Å².